The first-order valence-electron chi connectivity index (χ1n) is 6.04. The maximum absolute atomic E-state index is 3.56. The van der Waals surface area contributed by atoms with Crippen LogP contribution in [0.15, 0.2) is 24.4 Å². The van der Waals surface area contributed by atoms with Crippen molar-refractivity contribution in [2.75, 3.05) is 6.54 Å². The van der Waals surface area contributed by atoms with Crippen LogP contribution in [0.3, 0.4) is 0 Å². The Hall–Kier alpha value is -1.28. The van der Waals surface area contributed by atoms with Crippen LogP contribution in [0.4, 0.5) is 0 Å². The Kier molecular flexibility index (Phi) is 2.25. The highest BCUT2D eigenvalue weighted by Crippen LogP contribution is 2.28. The van der Waals surface area contributed by atoms with Crippen LogP contribution >= 0.6 is 0 Å². The van der Waals surface area contributed by atoms with Crippen LogP contribution in [0.25, 0.3) is 10.9 Å². The average Bonchev–Trinajstić information content (AvgIpc) is 2.87. The summed E-state index contributed by atoms with van der Waals surface area (Å²) in [6, 6.07) is 7.46. The van der Waals surface area contributed by atoms with Crippen LogP contribution in [0, 0.1) is 6.92 Å². The van der Waals surface area contributed by atoms with Crippen LogP contribution in [0.1, 0.15) is 30.0 Å². The molecule has 0 amide bonds. The minimum Gasteiger partial charge on any atom is -0.350 e. The van der Waals surface area contributed by atoms with Crippen molar-refractivity contribution in [1.82, 2.24) is 9.88 Å². The van der Waals surface area contributed by atoms with Crippen molar-refractivity contribution in [3.63, 3.8) is 0 Å². The molecule has 0 saturated carbocycles. The normalized spacial score (nSPS) is 20.8. The summed E-state index contributed by atoms with van der Waals surface area (Å²) in [5.41, 5.74) is 4.20. The first kappa shape index (κ1) is 9.91. The third-order valence-electron chi connectivity index (χ3n) is 3.65. The van der Waals surface area contributed by atoms with Crippen LogP contribution in [-0.2, 0) is 7.05 Å². The van der Waals surface area contributed by atoms with Gasteiger partial charge >= 0.3 is 0 Å². The first-order valence-corrected chi connectivity index (χ1v) is 6.04. The average molecular weight is 214 g/mol. The number of rotatable bonds is 1. The van der Waals surface area contributed by atoms with Crippen molar-refractivity contribution < 1.29 is 0 Å². The fraction of sp³-hybridized carbons (Fsp3) is 0.429. The van der Waals surface area contributed by atoms with Gasteiger partial charge in [-0.05, 0) is 49.6 Å². The molecule has 2 heterocycles. The quantitative estimate of drug-likeness (QED) is 0.772. The molecule has 1 aliphatic rings. The van der Waals surface area contributed by atoms with Crippen molar-refractivity contribution in [2.24, 2.45) is 7.05 Å². The molecule has 1 atom stereocenters. The SMILES string of the molecule is Cc1cc(C2CCCN2)cc2ccn(C)c12. The van der Waals surface area contributed by atoms with E-state index in [1.807, 2.05) is 0 Å². The van der Waals surface area contributed by atoms with Crippen LogP contribution in [-0.4, -0.2) is 11.1 Å². The number of hydrogen-bond acceptors (Lipinski definition) is 1. The number of nitrogens with zero attached hydrogens (tertiary/aromatic N) is 1. The highest BCUT2D eigenvalue weighted by atomic mass is 14.9. The molecular weight excluding hydrogens is 196 g/mol. The van der Waals surface area contributed by atoms with Crippen molar-refractivity contribution in [3.05, 3.63) is 35.5 Å². The fourth-order valence-corrected chi connectivity index (χ4v) is 2.88. The van der Waals surface area contributed by atoms with E-state index in [2.05, 4.69) is 48.3 Å². The maximum atomic E-state index is 3.56. The molecular formula is C14H18N2. The molecule has 1 N–H and O–H groups in total. The van der Waals surface area contributed by atoms with E-state index in [1.165, 1.54) is 34.9 Å². The second-order valence-electron chi connectivity index (χ2n) is 4.85. The number of aryl methyl sites for hydroxylation is 2. The van der Waals surface area contributed by atoms with Gasteiger partial charge in [0.1, 0.15) is 0 Å². The predicted octanol–water partition coefficient (Wildman–Crippen LogP) is 2.91. The van der Waals surface area contributed by atoms with E-state index >= 15 is 0 Å². The highest BCUT2D eigenvalue weighted by molar-refractivity contribution is 5.84. The molecule has 1 unspecified atom stereocenters. The Morgan fingerprint density at radius 1 is 1.38 bits per heavy atom. The zero-order valence-electron chi connectivity index (χ0n) is 9.96. The molecule has 1 aromatic heterocycles. The van der Waals surface area contributed by atoms with E-state index in [0.29, 0.717) is 6.04 Å². The Morgan fingerprint density at radius 2 is 2.25 bits per heavy atom. The Labute approximate surface area is 96.3 Å². The van der Waals surface area contributed by atoms with Crippen LogP contribution in [0.2, 0.25) is 0 Å². The Morgan fingerprint density at radius 3 is 3.00 bits per heavy atom. The van der Waals surface area contributed by atoms with Gasteiger partial charge in [0, 0.05) is 24.7 Å². The van der Waals surface area contributed by atoms with Gasteiger partial charge < -0.3 is 9.88 Å². The number of nitrogens with one attached hydrogen (secondary N) is 1. The van der Waals surface area contributed by atoms with Gasteiger partial charge in [0.25, 0.3) is 0 Å². The molecule has 1 aliphatic heterocycles. The summed E-state index contributed by atoms with van der Waals surface area (Å²) < 4.78 is 2.20. The molecule has 2 heteroatoms. The molecule has 16 heavy (non-hydrogen) atoms. The summed E-state index contributed by atoms with van der Waals surface area (Å²) in [4.78, 5) is 0. The summed E-state index contributed by atoms with van der Waals surface area (Å²) in [6.07, 6.45) is 4.72. The van der Waals surface area contributed by atoms with Gasteiger partial charge in [-0.25, -0.2) is 0 Å². The van der Waals surface area contributed by atoms with E-state index in [9.17, 15) is 0 Å². The van der Waals surface area contributed by atoms with Gasteiger partial charge in [0.2, 0.25) is 0 Å². The zero-order chi connectivity index (χ0) is 11.1. The summed E-state index contributed by atoms with van der Waals surface area (Å²) in [6.45, 7) is 3.37. The first-order chi connectivity index (χ1) is 7.75. The Balaban J connectivity index is 2.13. The van der Waals surface area contributed by atoms with E-state index in [-0.39, 0.29) is 0 Å². The summed E-state index contributed by atoms with van der Waals surface area (Å²) in [7, 11) is 2.11. The third-order valence-corrected chi connectivity index (χ3v) is 3.65. The van der Waals surface area contributed by atoms with Gasteiger partial charge in [-0.15, -0.1) is 0 Å². The molecule has 2 nitrogen and oxygen atoms in total. The summed E-state index contributed by atoms with van der Waals surface area (Å²) in [5.74, 6) is 0. The lowest BCUT2D eigenvalue weighted by Gasteiger charge is -2.12. The molecule has 84 valence electrons. The van der Waals surface area contributed by atoms with Crippen molar-refractivity contribution in [2.45, 2.75) is 25.8 Å². The predicted molar refractivity (Wildman–Crippen MR) is 67.6 cm³/mol. The standard InChI is InChI=1S/C14H18N2/c1-10-8-12(13-4-3-6-15-13)9-11-5-7-16(2)14(10)11/h5,7-9,13,15H,3-4,6H2,1-2H3. The van der Waals surface area contributed by atoms with Crippen LogP contribution in [0.5, 0.6) is 0 Å². The second kappa shape index (κ2) is 3.63. The zero-order valence-corrected chi connectivity index (χ0v) is 9.96. The molecule has 0 bridgehead atoms. The van der Waals surface area contributed by atoms with Crippen molar-refractivity contribution in [3.8, 4) is 0 Å². The van der Waals surface area contributed by atoms with E-state index in [1.54, 1.807) is 0 Å². The number of benzene rings is 1. The fourth-order valence-electron chi connectivity index (χ4n) is 2.88. The number of fused-ring (bicyclic) bond motifs is 1. The molecule has 0 spiro atoms. The molecule has 0 radical (unpaired) electrons. The van der Waals surface area contributed by atoms with Gasteiger partial charge in [-0.1, -0.05) is 6.07 Å². The van der Waals surface area contributed by atoms with Gasteiger partial charge in [0.15, 0.2) is 0 Å². The molecule has 1 fully saturated rings. The lowest BCUT2D eigenvalue weighted by Crippen LogP contribution is -2.12. The molecule has 3 rings (SSSR count). The van der Waals surface area contributed by atoms with Gasteiger partial charge in [-0.3, -0.25) is 0 Å². The number of hydrogen-bond donors (Lipinski definition) is 1. The second-order valence-corrected chi connectivity index (χ2v) is 4.85. The molecule has 1 saturated heterocycles. The molecule has 2 aromatic rings. The lowest BCUT2D eigenvalue weighted by molar-refractivity contribution is 0.648. The molecule has 1 aromatic carbocycles. The van der Waals surface area contributed by atoms with Gasteiger partial charge in [-0.2, -0.15) is 0 Å². The van der Waals surface area contributed by atoms with E-state index in [0.717, 1.165) is 6.54 Å². The van der Waals surface area contributed by atoms with E-state index in [4.69, 9.17) is 0 Å². The van der Waals surface area contributed by atoms with Crippen LogP contribution < -0.4 is 5.32 Å². The van der Waals surface area contributed by atoms with Gasteiger partial charge in [0.05, 0.1) is 5.52 Å². The lowest BCUT2D eigenvalue weighted by atomic mass is 10.0. The number of aromatic nitrogens is 1. The van der Waals surface area contributed by atoms with Crippen molar-refractivity contribution >= 4 is 10.9 Å². The minimum absolute atomic E-state index is 0.573. The highest BCUT2D eigenvalue weighted by Gasteiger charge is 2.17. The summed E-state index contributed by atoms with van der Waals surface area (Å²) in [5, 5.41) is 4.93. The topological polar surface area (TPSA) is 17.0 Å². The minimum atomic E-state index is 0.573. The third kappa shape index (κ3) is 1.45. The smallest absolute Gasteiger partial charge is 0.0507 e. The van der Waals surface area contributed by atoms with Crippen molar-refractivity contribution in [1.29, 1.82) is 0 Å². The van der Waals surface area contributed by atoms with E-state index < -0.39 is 0 Å². The monoisotopic (exact) mass is 214 g/mol. The Bertz CT molecular complexity index is 519. The maximum Gasteiger partial charge on any atom is 0.0507 e. The largest absolute Gasteiger partial charge is 0.350 e. The molecule has 0 aliphatic carbocycles. The summed E-state index contributed by atoms with van der Waals surface area (Å²) >= 11 is 0.